The lowest BCUT2D eigenvalue weighted by atomic mass is 9.78. The van der Waals surface area contributed by atoms with E-state index in [9.17, 15) is 4.79 Å². The molecular formula is C17H28O3. The molecule has 3 heteroatoms. The van der Waals surface area contributed by atoms with Gasteiger partial charge in [-0.2, -0.15) is 0 Å². The summed E-state index contributed by atoms with van der Waals surface area (Å²) in [5.74, 6) is 2.68. The summed E-state index contributed by atoms with van der Waals surface area (Å²) in [5.41, 5.74) is 0. The minimum absolute atomic E-state index is 0.283. The van der Waals surface area contributed by atoms with Gasteiger partial charge in [-0.3, -0.25) is 4.79 Å². The van der Waals surface area contributed by atoms with E-state index in [0.717, 1.165) is 56.1 Å². The lowest BCUT2D eigenvalue weighted by Gasteiger charge is -2.30. The van der Waals surface area contributed by atoms with Gasteiger partial charge in [-0.05, 0) is 69.1 Å². The summed E-state index contributed by atoms with van der Waals surface area (Å²) >= 11 is 0. The Morgan fingerprint density at radius 1 is 1.25 bits per heavy atom. The number of rotatable bonds is 9. The van der Waals surface area contributed by atoms with Crippen LogP contribution in [0.3, 0.4) is 0 Å². The standard InChI is InChI=1S/C17H28O3/c1-2-20-12-16-14-10-9-13(11-14)15(16)7-5-3-4-6-8-17(18)19/h3,5,13-16H,2,4,6-12H2,1H3,(H,18,19)/b5-3-/t13-,14+,15-,16+/m0/s1. The molecule has 2 saturated carbocycles. The number of ether oxygens (including phenoxy) is 1. The van der Waals surface area contributed by atoms with Crippen molar-refractivity contribution in [3.63, 3.8) is 0 Å². The summed E-state index contributed by atoms with van der Waals surface area (Å²) in [7, 11) is 0. The maximum atomic E-state index is 10.4. The Kier molecular flexibility index (Phi) is 6.08. The fraction of sp³-hybridized carbons (Fsp3) is 0.824. The zero-order valence-corrected chi connectivity index (χ0v) is 12.6. The molecule has 0 aliphatic heterocycles. The van der Waals surface area contributed by atoms with Crippen LogP contribution in [0.15, 0.2) is 12.2 Å². The van der Waals surface area contributed by atoms with Crippen LogP contribution in [0.25, 0.3) is 0 Å². The Morgan fingerprint density at radius 2 is 2.00 bits per heavy atom. The summed E-state index contributed by atoms with van der Waals surface area (Å²) in [6.07, 6.45) is 11.8. The zero-order valence-electron chi connectivity index (χ0n) is 12.6. The molecule has 2 aliphatic rings. The Labute approximate surface area is 122 Å². The molecule has 0 spiro atoms. The van der Waals surface area contributed by atoms with Crippen LogP contribution in [-0.4, -0.2) is 24.3 Å². The predicted molar refractivity (Wildman–Crippen MR) is 79.5 cm³/mol. The molecule has 0 aromatic rings. The predicted octanol–water partition coefficient (Wildman–Crippen LogP) is 3.89. The lowest BCUT2D eigenvalue weighted by Crippen LogP contribution is -2.26. The van der Waals surface area contributed by atoms with E-state index in [1.54, 1.807) is 0 Å². The molecule has 4 atom stereocenters. The van der Waals surface area contributed by atoms with Crippen LogP contribution in [0.2, 0.25) is 0 Å². The molecule has 114 valence electrons. The third-order valence-corrected chi connectivity index (χ3v) is 5.13. The Balaban J connectivity index is 1.72. The smallest absolute Gasteiger partial charge is 0.303 e. The highest BCUT2D eigenvalue weighted by molar-refractivity contribution is 5.66. The molecule has 0 unspecified atom stereocenters. The number of carboxylic acid groups (broad SMARTS) is 1. The van der Waals surface area contributed by atoms with Crippen LogP contribution in [0.5, 0.6) is 0 Å². The fourth-order valence-corrected chi connectivity index (χ4v) is 4.15. The van der Waals surface area contributed by atoms with Crippen molar-refractivity contribution in [1.82, 2.24) is 0 Å². The number of allylic oxidation sites excluding steroid dienone is 2. The Hall–Kier alpha value is -0.830. The van der Waals surface area contributed by atoms with Gasteiger partial charge in [-0.25, -0.2) is 0 Å². The first-order valence-electron chi connectivity index (χ1n) is 8.17. The van der Waals surface area contributed by atoms with Gasteiger partial charge in [0.25, 0.3) is 0 Å². The van der Waals surface area contributed by atoms with Crippen LogP contribution in [0.4, 0.5) is 0 Å². The summed E-state index contributed by atoms with van der Waals surface area (Å²) in [5, 5.41) is 8.59. The fourth-order valence-electron chi connectivity index (χ4n) is 4.15. The molecule has 0 saturated heterocycles. The van der Waals surface area contributed by atoms with E-state index >= 15 is 0 Å². The average molecular weight is 280 g/mol. The molecule has 2 rings (SSSR count). The molecule has 0 aromatic heterocycles. The first-order chi connectivity index (χ1) is 9.72. The van der Waals surface area contributed by atoms with Crippen molar-refractivity contribution in [2.45, 2.75) is 51.9 Å². The van der Waals surface area contributed by atoms with Crippen LogP contribution in [0, 0.1) is 23.7 Å². The maximum Gasteiger partial charge on any atom is 0.303 e. The van der Waals surface area contributed by atoms with E-state index in [0.29, 0.717) is 0 Å². The van der Waals surface area contributed by atoms with Gasteiger partial charge < -0.3 is 9.84 Å². The second kappa shape index (κ2) is 7.82. The van der Waals surface area contributed by atoms with Gasteiger partial charge in [0.1, 0.15) is 0 Å². The molecule has 0 radical (unpaired) electrons. The van der Waals surface area contributed by atoms with Crippen molar-refractivity contribution < 1.29 is 14.6 Å². The summed E-state index contributed by atoms with van der Waals surface area (Å²) in [6.45, 7) is 3.84. The van der Waals surface area contributed by atoms with Crippen molar-refractivity contribution in [3.05, 3.63) is 12.2 Å². The number of fused-ring (bicyclic) bond motifs is 2. The van der Waals surface area contributed by atoms with Crippen LogP contribution >= 0.6 is 0 Å². The number of carbonyl (C=O) groups is 1. The molecule has 1 N–H and O–H groups in total. The Bertz CT molecular complexity index is 337. The van der Waals surface area contributed by atoms with Gasteiger partial charge in [0.15, 0.2) is 0 Å². The quantitative estimate of drug-likeness (QED) is 0.515. The first kappa shape index (κ1) is 15.6. The van der Waals surface area contributed by atoms with Crippen molar-refractivity contribution in [3.8, 4) is 0 Å². The van der Waals surface area contributed by atoms with Crippen LogP contribution in [-0.2, 0) is 9.53 Å². The second-order valence-electron chi connectivity index (χ2n) is 6.31. The van der Waals surface area contributed by atoms with Gasteiger partial charge in [0.05, 0.1) is 0 Å². The minimum Gasteiger partial charge on any atom is -0.481 e. The zero-order chi connectivity index (χ0) is 14.4. The highest BCUT2D eigenvalue weighted by Gasteiger charge is 2.46. The minimum atomic E-state index is -0.691. The normalized spacial score (nSPS) is 32.2. The maximum absolute atomic E-state index is 10.4. The number of unbranched alkanes of at least 4 members (excludes halogenated alkanes) is 1. The first-order valence-corrected chi connectivity index (χ1v) is 8.17. The van der Waals surface area contributed by atoms with E-state index in [4.69, 9.17) is 9.84 Å². The van der Waals surface area contributed by atoms with E-state index in [-0.39, 0.29) is 6.42 Å². The molecule has 0 amide bonds. The molecular weight excluding hydrogens is 252 g/mol. The van der Waals surface area contributed by atoms with E-state index in [1.165, 1.54) is 19.3 Å². The highest BCUT2D eigenvalue weighted by Crippen LogP contribution is 2.53. The monoisotopic (exact) mass is 280 g/mol. The van der Waals surface area contributed by atoms with Gasteiger partial charge in [-0.15, -0.1) is 0 Å². The molecule has 20 heavy (non-hydrogen) atoms. The number of hydrogen-bond donors (Lipinski definition) is 1. The summed E-state index contributed by atoms with van der Waals surface area (Å²) in [4.78, 5) is 10.4. The van der Waals surface area contributed by atoms with E-state index < -0.39 is 5.97 Å². The molecule has 2 bridgehead atoms. The van der Waals surface area contributed by atoms with Crippen molar-refractivity contribution in [2.24, 2.45) is 23.7 Å². The molecule has 2 aliphatic carbocycles. The van der Waals surface area contributed by atoms with Crippen LogP contribution < -0.4 is 0 Å². The van der Waals surface area contributed by atoms with E-state index in [2.05, 4.69) is 19.1 Å². The number of hydrogen-bond acceptors (Lipinski definition) is 2. The van der Waals surface area contributed by atoms with Gasteiger partial charge >= 0.3 is 5.97 Å². The van der Waals surface area contributed by atoms with Crippen LogP contribution in [0.1, 0.15) is 51.9 Å². The highest BCUT2D eigenvalue weighted by atomic mass is 16.5. The average Bonchev–Trinajstić information content (AvgIpc) is 3.01. The molecule has 0 heterocycles. The second-order valence-corrected chi connectivity index (χ2v) is 6.31. The topological polar surface area (TPSA) is 46.5 Å². The Morgan fingerprint density at radius 3 is 2.70 bits per heavy atom. The number of aliphatic carboxylic acids is 1. The molecule has 2 fully saturated rings. The molecule has 3 nitrogen and oxygen atoms in total. The van der Waals surface area contributed by atoms with Crippen molar-refractivity contribution in [2.75, 3.05) is 13.2 Å². The molecule has 0 aromatic carbocycles. The number of carboxylic acids is 1. The van der Waals surface area contributed by atoms with Crippen molar-refractivity contribution >= 4 is 5.97 Å². The van der Waals surface area contributed by atoms with Gasteiger partial charge in [0.2, 0.25) is 0 Å². The van der Waals surface area contributed by atoms with E-state index in [1.807, 2.05) is 0 Å². The third-order valence-electron chi connectivity index (χ3n) is 5.13. The summed E-state index contributed by atoms with van der Waals surface area (Å²) in [6, 6.07) is 0. The van der Waals surface area contributed by atoms with Gasteiger partial charge in [-0.1, -0.05) is 12.2 Å². The third kappa shape index (κ3) is 4.08. The lowest BCUT2D eigenvalue weighted by molar-refractivity contribution is -0.137. The largest absolute Gasteiger partial charge is 0.481 e. The SMILES string of the molecule is CCOC[C@@H]1[C@@H]2CC[C@@H](C2)[C@@H]1C/C=C\CCCC(=O)O. The summed E-state index contributed by atoms with van der Waals surface area (Å²) < 4.78 is 5.68. The van der Waals surface area contributed by atoms with Crippen molar-refractivity contribution in [1.29, 1.82) is 0 Å². The van der Waals surface area contributed by atoms with Gasteiger partial charge in [0, 0.05) is 19.6 Å².